The third kappa shape index (κ3) is 4.52. The van der Waals surface area contributed by atoms with E-state index in [0.717, 1.165) is 17.2 Å². The lowest BCUT2D eigenvalue weighted by atomic mass is 10.1. The van der Waals surface area contributed by atoms with Gasteiger partial charge in [-0.2, -0.15) is 0 Å². The summed E-state index contributed by atoms with van der Waals surface area (Å²) in [6.07, 6.45) is -2.17. The van der Waals surface area contributed by atoms with Gasteiger partial charge in [-0.3, -0.25) is 18.5 Å². The number of fused-ring (bicyclic) bond motifs is 3. The van der Waals surface area contributed by atoms with Crippen molar-refractivity contribution in [1.82, 2.24) is 43.4 Å². The van der Waals surface area contributed by atoms with Gasteiger partial charge in [-0.15, -0.1) is 0 Å². The van der Waals surface area contributed by atoms with E-state index in [4.69, 9.17) is 36.1 Å². The van der Waals surface area contributed by atoms with Gasteiger partial charge in [0.15, 0.2) is 23.2 Å². The van der Waals surface area contributed by atoms with Crippen LogP contribution in [0.2, 0.25) is 0 Å². The van der Waals surface area contributed by atoms with Crippen molar-refractivity contribution >= 4 is 52.4 Å². The largest absolute Gasteiger partial charge is 0.394 e. The SMILES string of the molecule is Nc1ncnc2c1ncn2[C@]1(F)CO[C@H](COP(O)(=S)O[C@@H]2[C@H](O)[C@@H](CO)O[C@H]2n2cnc3c(=O)n4ccnc4[nH]c32)[C@H]1O. The summed E-state index contributed by atoms with van der Waals surface area (Å²) >= 11 is 5.17. The average Bonchev–Trinajstić information content (AvgIpc) is 3.82. The molecule has 2 aliphatic rings. The van der Waals surface area contributed by atoms with Gasteiger partial charge >= 0.3 is 6.72 Å². The number of nitrogens with zero attached hydrogens (tertiary/aromatic N) is 8. The second kappa shape index (κ2) is 10.5. The lowest BCUT2D eigenvalue weighted by Crippen LogP contribution is -2.43. The number of aliphatic hydroxyl groups is 3. The lowest BCUT2D eigenvalue weighted by Gasteiger charge is -2.28. The predicted molar refractivity (Wildman–Crippen MR) is 148 cm³/mol. The molecule has 2 fully saturated rings. The van der Waals surface area contributed by atoms with E-state index in [-0.39, 0.29) is 33.9 Å². The summed E-state index contributed by atoms with van der Waals surface area (Å²) in [5.41, 5.74) is 5.63. The molecule has 5 aromatic heterocycles. The zero-order valence-corrected chi connectivity index (χ0v) is 23.9. The normalized spacial score (nSPS) is 30.6. The van der Waals surface area contributed by atoms with E-state index in [0.29, 0.717) is 0 Å². The summed E-state index contributed by atoms with van der Waals surface area (Å²) in [5, 5.41) is 31.5. The van der Waals surface area contributed by atoms with Crippen LogP contribution in [0.25, 0.3) is 28.1 Å². The number of anilines is 1. The molecule has 7 N–H and O–H groups in total. The van der Waals surface area contributed by atoms with Crippen LogP contribution in [-0.2, 0) is 36.1 Å². The summed E-state index contributed by atoms with van der Waals surface area (Å²) in [5.74, 6) is -2.31. The maximum Gasteiger partial charge on any atom is 0.325 e. The van der Waals surface area contributed by atoms with Gasteiger partial charge in [-0.1, -0.05) is 0 Å². The van der Waals surface area contributed by atoms with Gasteiger partial charge in [0.05, 0.1) is 25.9 Å². The van der Waals surface area contributed by atoms with Crippen LogP contribution in [0.5, 0.6) is 0 Å². The molecule has 0 amide bonds. The van der Waals surface area contributed by atoms with Gasteiger partial charge in [0.25, 0.3) is 5.56 Å². The molecule has 0 saturated carbocycles. The maximum atomic E-state index is 16.1. The Kier molecular flexibility index (Phi) is 7.01. The van der Waals surface area contributed by atoms with Crippen LogP contribution >= 0.6 is 6.72 Å². The molecule has 234 valence electrons. The van der Waals surface area contributed by atoms with Gasteiger partial charge in [0, 0.05) is 12.4 Å². The molecule has 7 rings (SSSR count). The quantitative estimate of drug-likeness (QED) is 0.0994. The fourth-order valence-corrected chi connectivity index (χ4v) is 6.75. The number of hydrogen-bond acceptors (Lipinski definition) is 15. The van der Waals surface area contributed by atoms with Crippen molar-refractivity contribution in [2.75, 3.05) is 25.6 Å². The third-order valence-corrected chi connectivity index (χ3v) is 9.14. The number of aromatic amines is 1. The zero-order chi connectivity index (χ0) is 31.0. The third-order valence-electron chi connectivity index (χ3n) is 7.58. The molecule has 22 heteroatoms. The molecule has 8 atom stereocenters. The van der Waals surface area contributed by atoms with E-state index in [9.17, 15) is 25.0 Å². The minimum absolute atomic E-state index is 0.0152. The second-order valence-corrected chi connectivity index (χ2v) is 12.9. The highest BCUT2D eigenvalue weighted by Crippen LogP contribution is 2.50. The van der Waals surface area contributed by atoms with Crippen molar-refractivity contribution in [2.24, 2.45) is 0 Å². The van der Waals surface area contributed by atoms with E-state index in [1.807, 2.05) is 0 Å². The van der Waals surface area contributed by atoms with Gasteiger partial charge < -0.3 is 44.9 Å². The number of nitrogens with two attached hydrogens (primary N) is 1. The molecule has 0 aliphatic carbocycles. The highest BCUT2D eigenvalue weighted by atomic mass is 32.5. The summed E-state index contributed by atoms with van der Waals surface area (Å²) in [6.45, 7) is -6.12. The minimum atomic E-state index is -4.26. The lowest BCUT2D eigenvalue weighted by molar-refractivity contribution is -0.0534. The predicted octanol–water partition coefficient (Wildman–Crippen LogP) is -1.95. The monoisotopic (exact) mass is 654 g/mol. The first-order chi connectivity index (χ1) is 21.0. The maximum absolute atomic E-state index is 16.1. The van der Waals surface area contributed by atoms with Crippen LogP contribution in [0.3, 0.4) is 0 Å². The van der Waals surface area contributed by atoms with E-state index < -0.39 is 74.6 Å². The molecule has 0 aromatic carbocycles. The molecule has 2 saturated heterocycles. The van der Waals surface area contributed by atoms with Crippen LogP contribution in [0.4, 0.5) is 10.2 Å². The molecule has 2 aliphatic heterocycles. The Morgan fingerprint density at radius 2 is 2.00 bits per heavy atom. The zero-order valence-electron chi connectivity index (χ0n) is 22.2. The molecular formula is C22H24FN10O9PS. The first-order valence-corrected chi connectivity index (χ1v) is 15.6. The van der Waals surface area contributed by atoms with E-state index >= 15 is 4.39 Å². The van der Waals surface area contributed by atoms with Crippen LogP contribution in [-0.4, -0.2) is 114 Å². The summed E-state index contributed by atoms with van der Waals surface area (Å²) in [4.78, 5) is 46.7. The summed E-state index contributed by atoms with van der Waals surface area (Å²) in [6, 6.07) is 0. The summed E-state index contributed by atoms with van der Waals surface area (Å²) in [7, 11) is 0. The molecule has 0 spiro atoms. The van der Waals surface area contributed by atoms with Gasteiger partial charge in [0.2, 0.25) is 11.6 Å². The molecule has 0 bridgehead atoms. The van der Waals surface area contributed by atoms with Crippen molar-refractivity contribution in [3.05, 3.63) is 41.7 Å². The number of ether oxygens (including phenoxy) is 2. The number of halogens is 1. The number of aromatic nitrogens is 9. The van der Waals surface area contributed by atoms with E-state index in [1.165, 1.54) is 27.7 Å². The summed E-state index contributed by atoms with van der Waals surface area (Å²) < 4.78 is 41.9. The van der Waals surface area contributed by atoms with Gasteiger partial charge in [0.1, 0.15) is 54.6 Å². The second-order valence-electron chi connectivity index (χ2n) is 10.1. The molecule has 5 aromatic rings. The highest BCUT2D eigenvalue weighted by Gasteiger charge is 2.53. The topological polar surface area (TPSA) is 255 Å². The number of nitrogens with one attached hydrogen (secondary N) is 1. The van der Waals surface area contributed by atoms with Crippen LogP contribution in [0, 0.1) is 0 Å². The molecule has 7 heterocycles. The Hall–Kier alpha value is -3.50. The number of rotatable bonds is 8. The highest BCUT2D eigenvalue weighted by molar-refractivity contribution is 8.07. The number of imidazole rings is 3. The fourth-order valence-electron chi connectivity index (χ4n) is 5.33. The van der Waals surface area contributed by atoms with Crippen molar-refractivity contribution in [3.8, 4) is 0 Å². The van der Waals surface area contributed by atoms with Crippen molar-refractivity contribution in [3.63, 3.8) is 0 Å². The van der Waals surface area contributed by atoms with Gasteiger partial charge in [-0.05, 0) is 11.8 Å². The van der Waals surface area contributed by atoms with Gasteiger partial charge in [-0.25, -0.2) is 33.7 Å². The number of H-pyrrole nitrogens is 1. The van der Waals surface area contributed by atoms with Crippen molar-refractivity contribution in [1.29, 1.82) is 0 Å². The molecule has 19 nitrogen and oxygen atoms in total. The number of alkyl halides is 1. The van der Waals surface area contributed by atoms with Crippen LogP contribution in [0.15, 0.2) is 36.2 Å². The van der Waals surface area contributed by atoms with E-state index in [2.05, 4.69) is 29.9 Å². The fraction of sp³-hybridized carbons (Fsp3) is 0.455. The Morgan fingerprint density at radius 3 is 2.80 bits per heavy atom. The smallest absolute Gasteiger partial charge is 0.325 e. The Labute approximate surface area is 248 Å². The molecule has 1 unspecified atom stereocenters. The standard InChI is InChI=1S/C22H24FN10O9PS/c23-22(33-8-29-11-16(24)26-6-27-17(11)33)5-39-10(15(22)36)4-40-43(38,44)42-14-13(35)9(3-34)41-20(14)32-7-28-12-18(32)30-21-25-1-2-31(21)19(12)37/h1-2,6-10,13-15,20,34-36H,3-5H2,(H,25,30)(H,38,44)(H2,24,26,27)/t9-,10-,13-,14-,15-,20-,22-,43?/m1/s1. The number of hydrogen-bond donors (Lipinski definition) is 6. The van der Waals surface area contributed by atoms with Crippen molar-refractivity contribution in [2.45, 2.75) is 42.5 Å². The minimum Gasteiger partial charge on any atom is -0.394 e. The number of aliphatic hydroxyl groups excluding tert-OH is 3. The Balaban J connectivity index is 1.10. The first-order valence-electron chi connectivity index (χ1n) is 13.0. The molecular weight excluding hydrogens is 630 g/mol. The number of nitrogen functional groups attached to an aromatic ring is 1. The Bertz CT molecular complexity index is 1990. The molecule has 0 radical (unpaired) electrons. The first kappa shape index (κ1) is 29.2. The van der Waals surface area contributed by atoms with Crippen molar-refractivity contribution < 1.29 is 43.1 Å². The Morgan fingerprint density at radius 1 is 1.20 bits per heavy atom. The molecule has 44 heavy (non-hydrogen) atoms. The van der Waals surface area contributed by atoms with Crippen LogP contribution in [0.1, 0.15) is 6.23 Å². The van der Waals surface area contributed by atoms with E-state index in [1.54, 1.807) is 0 Å². The van der Waals surface area contributed by atoms with Crippen LogP contribution < -0.4 is 11.3 Å². The average molecular weight is 655 g/mol.